The van der Waals surface area contributed by atoms with Crippen LogP contribution in [0.5, 0.6) is 11.5 Å². The van der Waals surface area contributed by atoms with Crippen molar-refractivity contribution < 1.29 is 14.6 Å². The number of para-hydroxylation sites is 1. The first-order valence-electron chi connectivity index (χ1n) is 7.93. The van der Waals surface area contributed by atoms with Gasteiger partial charge in [0.05, 0.1) is 26.5 Å². The average Bonchev–Trinajstić information content (AvgIpc) is 2.61. The fourth-order valence-corrected chi connectivity index (χ4v) is 2.49. The molecule has 0 bridgehead atoms. The van der Waals surface area contributed by atoms with E-state index in [1.165, 1.54) is 13.3 Å². The van der Waals surface area contributed by atoms with Gasteiger partial charge in [-0.1, -0.05) is 6.07 Å². The predicted octanol–water partition coefficient (Wildman–Crippen LogP) is 0.921. The van der Waals surface area contributed by atoms with Crippen LogP contribution < -0.4 is 15.5 Å². The van der Waals surface area contributed by atoms with Crippen LogP contribution in [0.2, 0.25) is 0 Å². The Balaban J connectivity index is 1.65. The molecule has 0 aliphatic carbocycles. The Kier molecular flexibility index (Phi) is 7.73. The van der Waals surface area contributed by atoms with Gasteiger partial charge in [-0.25, -0.2) is 0 Å². The van der Waals surface area contributed by atoms with Gasteiger partial charge in [0, 0.05) is 25.2 Å². The molecule has 0 aromatic heterocycles. The minimum absolute atomic E-state index is 0.0509. The molecule has 1 fully saturated rings. The summed E-state index contributed by atoms with van der Waals surface area (Å²) in [4.78, 5) is 2.38. The highest BCUT2D eigenvalue weighted by Crippen LogP contribution is 2.27. The van der Waals surface area contributed by atoms with E-state index in [0.29, 0.717) is 16.4 Å². The first kappa shape index (κ1) is 18.4. The minimum Gasteiger partial charge on any atom is -0.504 e. The Morgan fingerprint density at radius 3 is 3.00 bits per heavy atom. The van der Waals surface area contributed by atoms with E-state index in [0.717, 1.165) is 45.8 Å². The summed E-state index contributed by atoms with van der Waals surface area (Å²) in [7, 11) is 1.50. The van der Waals surface area contributed by atoms with Crippen LogP contribution in [0, 0.1) is 0 Å². The van der Waals surface area contributed by atoms with Crippen LogP contribution in [0.25, 0.3) is 0 Å². The zero-order valence-corrected chi connectivity index (χ0v) is 14.6. The van der Waals surface area contributed by atoms with E-state index < -0.39 is 0 Å². The van der Waals surface area contributed by atoms with Gasteiger partial charge in [-0.3, -0.25) is 10.3 Å². The van der Waals surface area contributed by atoms with Gasteiger partial charge < -0.3 is 19.9 Å². The second kappa shape index (κ2) is 10.1. The quantitative estimate of drug-likeness (QED) is 0.291. The molecule has 0 spiro atoms. The van der Waals surface area contributed by atoms with Crippen LogP contribution in [0.3, 0.4) is 0 Å². The first-order chi connectivity index (χ1) is 11.7. The lowest BCUT2D eigenvalue weighted by Gasteiger charge is -2.26. The number of rotatable bonds is 7. The molecule has 1 aliphatic heterocycles. The maximum atomic E-state index is 9.95. The van der Waals surface area contributed by atoms with E-state index in [1.54, 1.807) is 18.2 Å². The zero-order chi connectivity index (χ0) is 17.2. The topological polar surface area (TPSA) is 78.4 Å². The van der Waals surface area contributed by atoms with Crippen LogP contribution in [-0.2, 0) is 4.74 Å². The molecule has 1 saturated heterocycles. The summed E-state index contributed by atoms with van der Waals surface area (Å²) in [6.45, 7) is 5.44. The Labute approximate surface area is 147 Å². The van der Waals surface area contributed by atoms with Crippen molar-refractivity contribution >= 4 is 23.5 Å². The maximum absolute atomic E-state index is 9.95. The summed E-state index contributed by atoms with van der Waals surface area (Å²) in [5, 5.41) is 17.5. The van der Waals surface area contributed by atoms with Gasteiger partial charge in [0.2, 0.25) is 0 Å². The number of morpholine rings is 1. The van der Waals surface area contributed by atoms with E-state index in [2.05, 4.69) is 20.7 Å². The predicted molar refractivity (Wildman–Crippen MR) is 97.9 cm³/mol. The third-order valence-corrected chi connectivity index (χ3v) is 3.90. The van der Waals surface area contributed by atoms with Gasteiger partial charge in [-0.2, -0.15) is 5.10 Å². The highest BCUT2D eigenvalue weighted by Gasteiger charge is 2.09. The van der Waals surface area contributed by atoms with Gasteiger partial charge >= 0.3 is 0 Å². The minimum atomic E-state index is 0.0509. The Morgan fingerprint density at radius 1 is 1.46 bits per heavy atom. The zero-order valence-electron chi connectivity index (χ0n) is 13.8. The second-order valence-corrected chi connectivity index (χ2v) is 5.74. The van der Waals surface area contributed by atoms with Crippen LogP contribution in [0.15, 0.2) is 23.3 Å². The molecule has 0 radical (unpaired) electrons. The molecule has 1 heterocycles. The number of benzene rings is 1. The summed E-state index contributed by atoms with van der Waals surface area (Å²) in [5.74, 6) is 0.456. The van der Waals surface area contributed by atoms with Crippen molar-refractivity contribution in [2.24, 2.45) is 5.10 Å². The standard InChI is InChI=1S/C16H24N4O3S/c1-22-14-5-2-4-13(15(14)21)12-18-19-16(24)17-6-3-7-20-8-10-23-11-9-20/h2,4-5,12,21H,3,6-11H2,1H3,(H2,17,19,24)/b18-12+. The summed E-state index contributed by atoms with van der Waals surface area (Å²) < 4.78 is 10.4. The van der Waals surface area contributed by atoms with E-state index in [-0.39, 0.29) is 5.75 Å². The normalized spacial score (nSPS) is 15.4. The fourth-order valence-electron chi connectivity index (χ4n) is 2.34. The molecular weight excluding hydrogens is 328 g/mol. The highest BCUT2D eigenvalue weighted by atomic mass is 32.1. The van der Waals surface area contributed by atoms with Gasteiger partial charge in [-0.15, -0.1) is 0 Å². The van der Waals surface area contributed by atoms with Gasteiger partial charge in [0.15, 0.2) is 16.6 Å². The van der Waals surface area contributed by atoms with Crippen molar-refractivity contribution in [2.45, 2.75) is 6.42 Å². The average molecular weight is 352 g/mol. The fraction of sp³-hybridized carbons (Fsp3) is 0.500. The summed E-state index contributed by atoms with van der Waals surface area (Å²) in [5.41, 5.74) is 3.29. The third kappa shape index (κ3) is 5.95. The molecule has 24 heavy (non-hydrogen) atoms. The lowest BCUT2D eigenvalue weighted by molar-refractivity contribution is 0.0376. The summed E-state index contributed by atoms with van der Waals surface area (Å²) >= 11 is 5.16. The monoisotopic (exact) mass is 352 g/mol. The van der Waals surface area contributed by atoms with Crippen LogP contribution in [0.4, 0.5) is 0 Å². The number of phenols is 1. The van der Waals surface area contributed by atoms with Gasteiger partial charge in [0.25, 0.3) is 0 Å². The van der Waals surface area contributed by atoms with Crippen molar-refractivity contribution in [3.05, 3.63) is 23.8 Å². The molecule has 132 valence electrons. The largest absolute Gasteiger partial charge is 0.504 e. The molecule has 0 amide bonds. The third-order valence-electron chi connectivity index (χ3n) is 3.66. The number of phenolic OH excluding ortho intramolecular Hbond substituents is 1. The maximum Gasteiger partial charge on any atom is 0.186 e. The van der Waals surface area contributed by atoms with E-state index >= 15 is 0 Å². The summed E-state index contributed by atoms with van der Waals surface area (Å²) in [6.07, 6.45) is 2.50. The van der Waals surface area contributed by atoms with Crippen LogP contribution in [-0.4, -0.2) is 67.8 Å². The molecule has 2 rings (SSSR count). The smallest absolute Gasteiger partial charge is 0.186 e. The summed E-state index contributed by atoms with van der Waals surface area (Å²) in [6, 6.07) is 5.20. The number of thiocarbonyl (C=S) groups is 1. The lowest BCUT2D eigenvalue weighted by atomic mass is 10.2. The number of hydrazone groups is 1. The van der Waals surface area contributed by atoms with Crippen molar-refractivity contribution in [1.82, 2.24) is 15.6 Å². The van der Waals surface area contributed by atoms with Crippen molar-refractivity contribution in [1.29, 1.82) is 0 Å². The molecule has 1 aromatic carbocycles. The van der Waals surface area contributed by atoms with Crippen molar-refractivity contribution in [3.8, 4) is 11.5 Å². The van der Waals surface area contributed by atoms with Crippen LogP contribution in [0.1, 0.15) is 12.0 Å². The van der Waals surface area contributed by atoms with E-state index in [1.807, 2.05) is 0 Å². The molecular formula is C16H24N4O3S. The first-order valence-corrected chi connectivity index (χ1v) is 8.34. The Hall–Kier alpha value is -1.90. The molecule has 8 heteroatoms. The van der Waals surface area contributed by atoms with Crippen molar-refractivity contribution in [3.63, 3.8) is 0 Å². The number of nitrogens with one attached hydrogen (secondary N) is 2. The Bertz CT molecular complexity index is 562. The lowest BCUT2D eigenvalue weighted by Crippen LogP contribution is -2.39. The van der Waals surface area contributed by atoms with Gasteiger partial charge in [0.1, 0.15) is 0 Å². The number of methoxy groups -OCH3 is 1. The second-order valence-electron chi connectivity index (χ2n) is 5.33. The van der Waals surface area contributed by atoms with Crippen molar-refractivity contribution in [2.75, 3.05) is 46.5 Å². The number of nitrogens with zero attached hydrogens (tertiary/aromatic N) is 2. The number of ether oxygens (including phenoxy) is 2. The molecule has 7 nitrogen and oxygen atoms in total. The van der Waals surface area contributed by atoms with E-state index in [4.69, 9.17) is 21.7 Å². The highest BCUT2D eigenvalue weighted by molar-refractivity contribution is 7.80. The number of hydrogen-bond acceptors (Lipinski definition) is 6. The number of hydrogen-bond donors (Lipinski definition) is 3. The Morgan fingerprint density at radius 2 is 2.25 bits per heavy atom. The number of aromatic hydroxyl groups is 1. The molecule has 0 saturated carbocycles. The van der Waals surface area contributed by atoms with Crippen LogP contribution >= 0.6 is 12.2 Å². The molecule has 0 atom stereocenters. The molecule has 1 aromatic rings. The molecule has 3 N–H and O–H groups in total. The molecule has 0 unspecified atom stereocenters. The van der Waals surface area contributed by atoms with Gasteiger partial charge in [-0.05, 0) is 37.3 Å². The molecule has 1 aliphatic rings. The van der Waals surface area contributed by atoms with E-state index in [9.17, 15) is 5.11 Å². The SMILES string of the molecule is COc1cccc(/C=N/NC(=S)NCCCN2CCOCC2)c1O.